The van der Waals surface area contributed by atoms with Gasteiger partial charge >= 0.3 is 0 Å². The van der Waals surface area contributed by atoms with Crippen molar-refractivity contribution in [1.29, 1.82) is 0 Å². The van der Waals surface area contributed by atoms with Crippen LogP contribution < -0.4 is 26.2 Å². The number of benzene rings is 1. The second-order valence-corrected chi connectivity index (χ2v) is 29.9. The zero-order valence-corrected chi connectivity index (χ0v) is 48.4. The van der Waals surface area contributed by atoms with Crippen molar-refractivity contribution in [3.63, 3.8) is 0 Å². The summed E-state index contributed by atoms with van der Waals surface area (Å²) in [7, 11) is 0. The van der Waals surface area contributed by atoms with Gasteiger partial charge in [0.25, 0.3) is 0 Å². The van der Waals surface area contributed by atoms with Crippen LogP contribution >= 0.6 is 0 Å². The van der Waals surface area contributed by atoms with Gasteiger partial charge in [0.2, 0.25) is 0 Å². The average molecular weight is 1060 g/mol. The first-order chi connectivity index (χ1) is 38.2. The molecule has 16 unspecified atom stereocenters. The van der Waals surface area contributed by atoms with Crippen molar-refractivity contribution in [3.05, 3.63) is 30.3 Å². The molecule has 77 heavy (non-hydrogen) atoms. The van der Waals surface area contributed by atoms with Crippen molar-refractivity contribution in [2.45, 2.75) is 316 Å². The molecule has 7 saturated carbocycles. The number of para-hydroxylation sites is 1. The Morgan fingerprint density at radius 3 is 1.34 bits per heavy atom. The van der Waals surface area contributed by atoms with Crippen LogP contribution in [-0.2, 0) is 4.74 Å². The molecule has 9 heteroatoms. The molecule has 4 N–H and O–H groups in total. The average Bonchev–Trinajstić information content (AvgIpc) is 4.19. The number of anilines is 1. The van der Waals surface area contributed by atoms with E-state index in [2.05, 4.69) is 71.2 Å². The molecule has 14 fully saturated rings. The fraction of sp³-hybridized carbons (Fsp3) is 0.912. The van der Waals surface area contributed by atoms with E-state index in [-0.39, 0.29) is 12.5 Å². The second kappa shape index (κ2) is 23.4. The third-order valence-corrected chi connectivity index (χ3v) is 26.6. The van der Waals surface area contributed by atoms with E-state index in [9.17, 15) is 0 Å². The number of hydrogen-bond acceptors (Lipinski definition) is 9. The van der Waals surface area contributed by atoms with E-state index in [0.29, 0.717) is 30.0 Å². The summed E-state index contributed by atoms with van der Waals surface area (Å²) < 4.78 is 7.19. The molecular formula is C68H110N8O. The molecule has 7 aliphatic carbocycles. The summed E-state index contributed by atoms with van der Waals surface area (Å²) in [5.41, 5.74) is 1.51. The van der Waals surface area contributed by atoms with Crippen LogP contribution in [0.25, 0.3) is 0 Å². The Kier molecular flexibility index (Phi) is 15.9. The number of nitrogens with zero attached hydrogens (tertiary/aromatic N) is 4. The van der Waals surface area contributed by atoms with E-state index < -0.39 is 0 Å². The zero-order chi connectivity index (χ0) is 50.8. The van der Waals surface area contributed by atoms with Crippen LogP contribution in [0.15, 0.2) is 30.3 Å². The lowest BCUT2D eigenvalue weighted by molar-refractivity contribution is -0.0472. The zero-order valence-electron chi connectivity index (χ0n) is 48.4. The highest BCUT2D eigenvalue weighted by Crippen LogP contribution is 2.54. The van der Waals surface area contributed by atoms with Gasteiger partial charge in [-0.05, 0) is 241 Å². The van der Waals surface area contributed by atoms with Gasteiger partial charge in [0.1, 0.15) is 12.5 Å². The first-order valence-electron chi connectivity index (χ1n) is 34.9. The van der Waals surface area contributed by atoms with Gasteiger partial charge < -0.3 is 20.3 Å². The number of fused-ring (bicyclic) bond motifs is 9. The van der Waals surface area contributed by atoms with Gasteiger partial charge in [0, 0.05) is 96.1 Å². The molecule has 7 aliphatic heterocycles. The third-order valence-electron chi connectivity index (χ3n) is 26.6. The molecule has 16 atom stereocenters. The lowest BCUT2D eigenvalue weighted by Gasteiger charge is -2.50. The summed E-state index contributed by atoms with van der Waals surface area (Å²) in [5, 5.41) is 16.5. The molecule has 7 heterocycles. The molecule has 14 aliphatic rings. The van der Waals surface area contributed by atoms with E-state index in [1.54, 1.807) is 0 Å². The molecule has 1 aromatic rings. The van der Waals surface area contributed by atoms with Gasteiger partial charge in [-0.3, -0.25) is 25.3 Å². The highest BCUT2D eigenvalue weighted by atomic mass is 16.5. The van der Waals surface area contributed by atoms with Crippen LogP contribution in [0.5, 0.6) is 0 Å². The molecule has 15 rings (SSSR count). The van der Waals surface area contributed by atoms with E-state index in [1.165, 1.54) is 257 Å². The van der Waals surface area contributed by atoms with Crippen molar-refractivity contribution in [2.75, 3.05) is 31.1 Å². The van der Waals surface area contributed by atoms with Crippen molar-refractivity contribution < 1.29 is 4.74 Å². The van der Waals surface area contributed by atoms with Crippen LogP contribution in [0.4, 0.5) is 5.69 Å². The molecule has 0 bridgehead atoms. The molecule has 1 aromatic carbocycles. The van der Waals surface area contributed by atoms with Gasteiger partial charge in [-0.15, -0.1) is 0 Å². The second-order valence-electron chi connectivity index (χ2n) is 29.9. The van der Waals surface area contributed by atoms with Crippen molar-refractivity contribution >= 4 is 5.69 Å². The molecule has 9 nitrogen and oxygen atoms in total. The summed E-state index contributed by atoms with van der Waals surface area (Å²) in [5.74, 6) is 6.55. The Hall–Kier alpha value is -1.30. The van der Waals surface area contributed by atoms with E-state index in [4.69, 9.17) is 4.74 Å². The number of rotatable bonds is 10. The highest BCUT2D eigenvalue weighted by molar-refractivity contribution is 5.48. The molecule has 0 spiro atoms. The molecule has 0 amide bonds. The Morgan fingerprint density at radius 1 is 0.377 bits per heavy atom. The molecule has 0 radical (unpaired) electrons. The lowest BCUT2D eigenvalue weighted by Crippen LogP contribution is -2.55. The Morgan fingerprint density at radius 2 is 0.831 bits per heavy atom. The van der Waals surface area contributed by atoms with E-state index >= 15 is 0 Å². The lowest BCUT2D eigenvalue weighted by atomic mass is 9.72. The van der Waals surface area contributed by atoms with Gasteiger partial charge in [-0.25, -0.2) is 0 Å². The first-order valence-corrected chi connectivity index (χ1v) is 34.9. The Labute approximate surface area is 468 Å². The monoisotopic (exact) mass is 1050 g/mol. The van der Waals surface area contributed by atoms with Gasteiger partial charge in [0.15, 0.2) is 0 Å². The van der Waals surface area contributed by atoms with Crippen molar-refractivity contribution in [3.8, 4) is 0 Å². The fourth-order valence-electron chi connectivity index (χ4n) is 23.3. The minimum atomic E-state index is 0.270. The number of piperidine rings is 4. The third kappa shape index (κ3) is 10.2. The summed E-state index contributed by atoms with van der Waals surface area (Å²) >= 11 is 0. The smallest absolute Gasteiger partial charge is 0.113 e. The normalized spacial score (nSPS) is 46.6. The largest absolute Gasteiger partial charge is 0.366 e. The van der Waals surface area contributed by atoms with Crippen LogP contribution in [0.1, 0.15) is 225 Å². The van der Waals surface area contributed by atoms with Crippen molar-refractivity contribution in [1.82, 2.24) is 36.0 Å². The van der Waals surface area contributed by atoms with Crippen molar-refractivity contribution in [2.24, 2.45) is 47.3 Å². The number of nitrogens with one attached hydrogen (secondary N) is 4. The Bertz CT molecular complexity index is 2020. The number of hydrogen-bond donors (Lipinski definition) is 4. The fourth-order valence-corrected chi connectivity index (χ4v) is 23.3. The van der Waals surface area contributed by atoms with Gasteiger partial charge in [-0.2, -0.15) is 0 Å². The van der Waals surface area contributed by atoms with Gasteiger partial charge in [0.05, 0.1) is 0 Å². The summed E-state index contributed by atoms with van der Waals surface area (Å²) in [4.78, 5) is 12.7. The standard InChI is InChI=1S/C68H110N8O/c1-5-13-47(14-6-1)73(48-15-7-2-8-16-48)53-29-35-63-57(41-53)59-43-69-39-37-65(59)75(63)51-25-21-45(22-26-51)61-33-31-55-56-32-34-62(72-68(56)77-67(55)71-61)46-23-27-52(28-24-46)76-64-36-30-54(42-58(64)60-44-70-40-38-66(60)76)74(49-17-9-3-10-18-49)50-19-11-4-12-20-50/h1,5-6,13-14,45-46,48-72H,2-4,7-12,15-44H2. The molecule has 7 saturated heterocycles. The summed E-state index contributed by atoms with van der Waals surface area (Å²) in [6.45, 7) is 5.01. The molecule has 428 valence electrons. The van der Waals surface area contributed by atoms with Crippen LogP contribution in [0.3, 0.4) is 0 Å². The maximum absolute atomic E-state index is 7.19. The minimum absolute atomic E-state index is 0.270. The summed E-state index contributed by atoms with van der Waals surface area (Å²) in [6.07, 6.45) is 50.9. The SMILES string of the molecule is c1ccc(N(C2CCCCC2)C2CCC3C(C2)C2CNCCC2N3C2CCC(C3CCC4C(N3)OC3NC(C5CCC(N6C7CCNCC7C7CC(N(C8CCCCC8)C8CCCCC8)CCC76)CC5)CCC34)CC2)cc1. The van der Waals surface area contributed by atoms with E-state index in [1.807, 2.05) is 0 Å². The predicted molar refractivity (Wildman–Crippen MR) is 314 cm³/mol. The summed E-state index contributed by atoms with van der Waals surface area (Å²) in [6, 6.07) is 22.0. The first kappa shape index (κ1) is 52.5. The highest BCUT2D eigenvalue weighted by Gasteiger charge is 2.58. The molecule has 0 aromatic heterocycles. The van der Waals surface area contributed by atoms with Gasteiger partial charge in [-0.1, -0.05) is 76.0 Å². The topological polar surface area (TPSA) is 70.3 Å². The Balaban J connectivity index is 0.540. The minimum Gasteiger partial charge on any atom is -0.366 e. The number of ether oxygens (including phenoxy) is 1. The quantitative estimate of drug-likeness (QED) is 0.183. The number of likely N-dealkylation sites (tertiary alicyclic amines) is 2. The van der Waals surface area contributed by atoms with Crippen LogP contribution in [0, 0.1) is 47.3 Å². The van der Waals surface area contributed by atoms with Crippen LogP contribution in [0.2, 0.25) is 0 Å². The molecular weight excluding hydrogens is 945 g/mol. The maximum Gasteiger partial charge on any atom is 0.113 e. The van der Waals surface area contributed by atoms with Crippen LogP contribution in [-0.4, -0.2) is 132 Å². The maximum atomic E-state index is 7.19. The predicted octanol–water partition coefficient (Wildman–Crippen LogP) is 12.0. The van der Waals surface area contributed by atoms with E-state index in [0.717, 1.165) is 95.9 Å².